The number of anilines is 1. The Morgan fingerprint density at radius 1 is 1.35 bits per heavy atom. The molecule has 0 atom stereocenters. The minimum atomic E-state index is -1.01. The molecule has 0 unspecified atom stereocenters. The summed E-state index contributed by atoms with van der Waals surface area (Å²) in [4.78, 5) is 14.6. The fourth-order valence-electron chi connectivity index (χ4n) is 1.83. The Morgan fingerprint density at radius 3 is 2.83 bits per heavy atom. The van der Waals surface area contributed by atoms with Gasteiger partial charge in [0.2, 0.25) is 0 Å². The smallest absolute Gasteiger partial charge is 0.328 e. The van der Waals surface area contributed by atoms with Crippen LogP contribution in [0.3, 0.4) is 0 Å². The van der Waals surface area contributed by atoms with Crippen molar-refractivity contribution in [3.8, 4) is 5.75 Å². The third-order valence-corrected chi connectivity index (χ3v) is 3.19. The van der Waals surface area contributed by atoms with Gasteiger partial charge < -0.3 is 15.2 Å². The number of carbonyl (C=O) groups is 1. The van der Waals surface area contributed by atoms with Crippen LogP contribution in [0, 0.1) is 0 Å². The topological polar surface area (TPSA) is 71.5 Å². The van der Waals surface area contributed by atoms with Crippen molar-refractivity contribution in [3.05, 3.63) is 59.3 Å². The quantitative estimate of drug-likeness (QED) is 0.569. The molecule has 1 aromatic heterocycles. The molecule has 0 bridgehead atoms. The molecule has 0 fully saturated rings. The number of aromatic nitrogens is 1. The molecule has 0 aliphatic rings. The number of halogens is 1. The molecule has 2 N–H and O–H groups in total. The highest BCUT2D eigenvalue weighted by atomic mass is 35.5. The van der Waals surface area contributed by atoms with Crippen molar-refractivity contribution in [1.29, 1.82) is 0 Å². The fraction of sp³-hybridized carbons (Fsp3) is 0.176. The van der Waals surface area contributed by atoms with Gasteiger partial charge in [-0.15, -0.1) is 0 Å². The summed E-state index contributed by atoms with van der Waals surface area (Å²) in [6.45, 7) is 1.26. The lowest BCUT2D eigenvalue weighted by atomic mass is 10.2. The molecule has 120 valence electrons. The second-order valence-electron chi connectivity index (χ2n) is 4.71. The number of ether oxygens (including phenoxy) is 1. The molecule has 0 aliphatic heterocycles. The van der Waals surface area contributed by atoms with E-state index in [-0.39, 0.29) is 0 Å². The lowest BCUT2D eigenvalue weighted by molar-refractivity contribution is -0.131. The predicted molar refractivity (Wildman–Crippen MR) is 91.0 cm³/mol. The zero-order chi connectivity index (χ0) is 16.5. The van der Waals surface area contributed by atoms with Crippen molar-refractivity contribution >= 4 is 29.5 Å². The molecule has 0 amide bonds. The van der Waals surface area contributed by atoms with E-state index in [2.05, 4.69) is 10.3 Å². The molecule has 0 radical (unpaired) electrons. The SMILES string of the molecule is O=C(O)C=Cc1cnc(NCCCOc2ccccc2)c(Cl)c1. The van der Waals surface area contributed by atoms with Crippen LogP contribution in [0.2, 0.25) is 5.02 Å². The van der Waals surface area contributed by atoms with Gasteiger partial charge >= 0.3 is 5.97 Å². The molecule has 5 nitrogen and oxygen atoms in total. The summed E-state index contributed by atoms with van der Waals surface area (Å²) in [7, 11) is 0. The maximum absolute atomic E-state index is 10.5. The van der Waals surface area contributed by atoms with E-state index in [1.807, 2.05) is 30.3 Å². The molecule has 1 aromatic carbocycles. The standard InChI is InChI=1S/C17H17ClN2O3/c18-15-11-13(7-8-16(21)22)12-20-17(15)19-9-4-10-23-14-5-2-1-3-6-14/h1-3,5-8,11-12H,4,9-10H2,(H,19,20)(H,21,22). The Labute approximate surface area is 139 Å². The van der Waals surface area contributed by atoms with Crippen LogP contribution in [0.5, 0.6) is 5.75 Å². The van der Waals surface area contributed by atoms with Crippen molar-refractivity contribution in [2.75, 3.05) is 18.5 Å². The number of para-hydroxylation sites is 1. The van der Waals surface area contributed by atoms with E-state index < -0.39 is 5.97 Å². The van der Waals surface area contributed by atoms with Crippen LogP contribution >= 0.6 is 11.6 Å². The van der Waals surface area contributed by atoms with Crippen LogP contribution in [0.15, 0.2) is 48.7 Å². The summed E-state index contributed by atoms with van der Waals surface area (Å²) >= 11 is 6.12. The highest BCUT2D eigenvalue weighted by Crippen LogP contribution is 2.20. The molecular formula is C17H17ClN2O3. The van der Waals surface area contributed by atoms with Gasteiger partial charge in [0.1, 0.15) is 11.6 Å². The lowest BCUT2D eigenvalue weighted by Gasteiger charge is -2.09. The fourth-order valence-corrected chi connectivity index (χ4v) is 2.07. The first kappa shape index (κ1) is 16.8. The minimum absolute atomic E-state index is 0.446. The molecule has 0 spiro atoms. The molecule has 1 heterocycles. The van der Waals surface area contributed by atoms with Gasteiger partial charge in [-0.2, -0.15) is 0 Å². The molecule has 0 saturated heterocycles. The predicted octanol–water partition coefficient (Wildman–Crippen LogP) is 3.71. The van der Waals surface area contributed by atoms with Gasteiger partial charge in [-0.05, 0) is 36.3 Å². The van der Waals surface area contributed by atoms with E-state index >= 15 is 0 Å². The number of benzene rings is 1. The Hall–Kier alpha value is -2.53. The maximum atomic E-state index is 10.5. The lowest BCUT2D eigenvalue weighted by Crippen LogP contribution is -2.08. The third kappa shape index (κ3) is 6.00. The highest BCUT2D eigenvalue weighted by Gasteiger charge is 2.02. The number of pyridine rings is 1. The van der Waals surface area contributed by atoms with E-state index in [1.54, 1.807) is 12.3 Å². The zero-order valence-electron chi connectivity index (χ0n) is 12.4. The van der Waals surface area contributed by atoms with E-state index in [9.17, 15) is 4.79 Å². The van der Waals surface area contributed by atoms with Gasteiger partial charge in [0.25, 0.3) is 0 Å². The molecule has 0 saturated carbocycles. The van der Waals surface area contributed by atoms with Crippen LogP contribution in [0.4, 0.5) is 5.82 Å². The normalized spacial score (nSPS) is 10.7. The molecular weight excluding hydrogens is 316 g/mol. The van der Waals surface area contributed by atoms with E-state index in [4.69, 9.17) is 21.4 Å². The number of carboxylic acid groups (broad SMARTS) is 1. The van der Waals surface area contributed by atoms with Crippen LogP contribution in [-0.2, 0) is 4.79 Å². The van der Waals surface area contributed by atoms with E-state index in [1.165, 1.54) is 6.08 Å². The second-order valence-corrected chi connectivity index (χ2v) is 5.12. The van der Waals surface area contributed by atoms with Crippen molar-refractivity contribution in [3.63, 3.8) is 0 Å². The van der Waals surface area contributed by atoms with Gasteiger partial charge in [-0.1, -0.05) is 29.8 Å². The number of hydrogen-bond acceptors (Lipinski definition) is 4. The largest absolute Gasteiger partial charge is 0.494 e. The second kappa shape index (κ2) is 8.80. The summed E-state index contributed by atoms with van der Waals surface area (Å²) < 4.78 is 5.59. The van der Waals surface area contributed by atoms with Gasteiger partial charge in [0.05, 0.1) is 11.6 Å². The average molecular weight is 333 g/mol. The molecule has 6 heteroatoms. The van der Waals surface area contributed by atoms with Crippen molar-refractivity contribution in [1.82, 2.24) is 4.98 Å². The van der Waals surface area contributed by atoms with Gasteiger partial charge in [-0.25, -0.2) is 9.78 Å². The van der Waals surface area contributed by atoms with Crippen LogP contribution in [0.25, 0.3) is 6.08 Å². The van der Waals surface area contributed by atoms with E-state index in [0.717, 1.165) is 18.2 Å². The van der Waals surface area contributed by atoms with Crippen LogP contribution in [0.1, 0.15) is 12.0 Å². The number of carboxylic acids is 1. The molecule has 2 rings (SSSR count). The maximum Gasteiger partial charge on any atom is 0.328 e. The summed E-state index contributed by atoms with van der Waals surface area (Å²) in [6, 6.07) is 11.3. The zero-order valence-corrected chi connectivity index (χ0v) is 13.2. The monoisotopic (exact) mass is 332 g/mol. The number of nitrogens with one attached hydrogen (secondary N) is 1. The Morgan fingerprint density at radius 2 is 2.13 bits per heavy atom. The van der Waals surface area contributed by atoms with Crippen LogP contribution < -0.4 is 10.1 Å². The minimum Gasteiger partial charge on any atom is -0.494 e. The third-order valence-electron chi connectivity index (χ3n) is 2.91. The Bertz CT molecular complexity index is 675. The number of nitrogens with zero attached hydrogens (tertiary/aromatic N) is 1. The van der Waals surface area contributed by atoms with Gasteiger partial charge in [0.15, 0.2) is 0 Å². The first-order chi connectivity index (χ1) is 11.1. The number of rotatable bonds is 8. The van der Waals surface area contributed by atoms with Crippen LogP contribution in [-0.4, -0.2) is 29.2 Å². The summed E-state index contributed by atoms with van der Waals surface area (Å²) in [5, 5.41) is 12.2. The average Bonchev–Trinajstić information content (AvgIpc) is 2.55. The molecule has 0 aliphatic carbocycles. The summed E-state index contributed by atoms with van der Waals surface area (Å²) in [6.07, 6.45) is 4.85. The molecule has 2 aromatic rings. The molecule has 23 heavy (non-hydrogen) atoms. The first-order valence-electron chi connectivity index (χ1n) is 7.13. The Kier molecular flexibility index (Phi) is 6.44. The van der Waals surface area contributed by atoms with Gasteiger partial charge in [-0.3, -0.25) is 0 Å². The Balaban J connectivity index is 1.76. The number of hydrogen-bond donors (Lipinski definition) is 2. The summed E-state index contributed by atoms with van der Waals surface area (Å²) in [5.41, 5.74) is 0.635. The summed E-state index contributed by atoms with van der Waals surface area (Å²) in [5.74, 6) is 0.402. The van der Waals surface area contributed by atoms with Crippen molar-refractivity contribution in [2.24, 2.45) is 0 Å². The highest BCUT2D eigenvalue weighted by molar-refractivity contribution is 6.33. The van der Waals surface area contributed by atoms with Crippen molar-refractivity contribution < 1.29 is 14.6 Å². The van der Waals surface area contributed by atoms with Gasteiger partial charge in [0, 0.05) is 18.8 Å². The number of aliphatic carboxylic acids is 1. The first-order valence-corrected chi connectivity index (χ1v) is 7.51. The van der Waals surface area contributed by atoms with E-state index in [0.29, 0.717) is 29.6 Å². The van der Waals surface area contributed by atoms with Crippen molar-refractivity contribution in [2.45, 2.75) is 6.42 Å².